The van der Waals surface area contributed by atoms with Gasteiger partial charge in [-0.2, -0.15) is 0 Å². The lowest BCUT2D eigenvalue weighted by atomic mass is 10.2. The van der Waals surface area contributed by atoms with Crippen LogP contribution in [0.4, 0.5) is 0 Å². The average Bonchev–Trinajstić information content (AvgIpc) is 2.35. The highest BCUT2D eigenvalue weighted by Gasteiger charge is 2.10. The van der Waals surface area contributed by atoms with Crippen molar-refractivity contribution in [2.24, 2.45) is 5.73 Å². The van der Waals surface area contributed by atoms with Crippen molar-refractivity contribution in [3.63, 3.8) is 0 Å². The first-order chi connectivity index (χ1) is 5.20. The lowest BCUT2D eigenvalue weighted by molar-refractivity contribution is -0.137. The Morgan fingerprint density at radius 2 is 2.64 bits per heavy atom. The van der Waals surface area contributed by atoms with Gasteiger partial charge in [0.05, 0.1) is 18.0 Å². The first-order valence-electron chi connectivity index (χ1n) is 3.06. The molecule has 5 heteroatoms. The summed E-state index contributed by atoms with van der Waals surface area (Å²) in [5, 5.41) is 8.39. The number of hydrogen-bond acceptors (Lipinski definition) is 4. The molecule has 1 aromatic heterocycles. The molecule has 11 heavy (non-hydrogen) atoms. The van der Waals surface area contributed by atoms with Gasteiger partial charge in [-0.05, 0) is 0 Å². The van der Waals surface area contributed by atoms with Crippen molar-refractivity contribution in [1.29, 1.82) is 0 Å². The largest absolute Gasteiger partial charge is 0.481 e. The first-order valence-corrected chi connectivity index (χ1v) is 3.94. The molecule has 3 N–H and O–H groups in total. The van der Waals surface area contributed by atoms with Crippen LogP contribution in [0.25, 0.3) is 0 Å². The third-order valence-electron chi connectivity index (χ3n) is 1.21. The van der Waals surface area contributed by atoms with E-state index in [-0.39, 0.29) is 6.42 Å². The Kier molecular flexibility index (Phi) is 2.56. The van der Waals surface area contributed by atoms with E-state index in [0.29, 0.717) is 0 Å². The van der Waals surface area contributed by atoms with Crippen molar-refractivity contribution in [3.8, 4) is 0 Å². The summed E-state index contributed by atoms with van der Waals surface area (Å²) >= 11 is 1.37. The summed E-state index contributed by atoms with van der Waals surface area (Å²) in [5.41, 5.74) is 7.17. The molecular formula is C6H8N2O2S. The van der Waals surface area contributed by atoms with Crippen LogP contribution in [-0.2, 0) is 4.79 Å². The number of aromatic nitrogens is 1. The van der Waals surface area contributed by atoms with E-state index in [1.165, 1.54) is 11.3 Å². The fourth-order valence-corrected chi connectivity index (χ4v) is 1.32. The normalized spacial score (nSPS) is 12.8. The molecule has 0 bridgehead atoms. The van der Waals surface area contributed by atoms with Crippen molar-refractivity contribution in [2.45, 2.75) is 12.5 Å². The van der Waals surface area contributed by atoms with Crippen molar-refractivity contribution < 1.29 is 9.90 Å². The monoisotopic (exact) mass is 172 g/mol. The zero-order valence-electron chi connectivity index (χ0n) is 5.73. The summed E-state index contributed by atoms with van der Waals surface area (Å²) in [7, 11) is 0. The molecule has 1 heterocycles. The van der Waals surface area contributed by atoms with Crippen molar-refractivity contribution in [2.75, 3.05) is 0 Å². The maximum Gasteiger partial charge on any atom is 0.305 e. The Bertz CT molecular complexity index is 235. The van der Waals surface area contributed by atoms with Crippen molar-refractivity contribution in [3.05, 3.63) is 16.6 Å². The number of thiazole rings is 1. The standard InChI is InChI=1S/C6H8N2O2S/c7-4(1-6(9)10)5-2-8-3-11-5/h2-4H,1,7H2,(H,9,10)/t4-/m0/s1. The number of nitrogens with two attached hydrogens (primary N) is 1. The fourth-order valence-electron chi connectivity index (χ4n) is 0.697. The van der Waals surface area contributed by atoms with Crippen LogP contribution in [0, 0.1) is 0 Å². The molecule has 0 amide bonds. The molecule has 0 aliphatic carbocycles. The topological polar surface area (TPSA) is 76.2 Å². The predicted molar refractivity (Wildman–Crippen MR) is 41.3 cm³/mol. The molecule has 0 aromatic carbocycles. The van der Waals surface area contributed by atoms with E-state index in [2.05, 4.69) is 4.98 Å². The van der Waals surface area contributed by atoms with Crippen LogP contribution in [0.3, 0.4) is 0 Å². The van der Waals surface area contributed by atoms with Crippen LogP contribution in [0.15, 0.2) is 11.7 Å². The lowest BCUT2D eigenvalue weighted by Gasteiger charge is -2.03. The minimum absolute atomic E-state index is 0.0395. The number of rotatable bonds is 3. The van der Waals surface area contributed by atoms with Crippen LogP contribution >= 0.6 is 11.3 Å². The summed E-state index contributed by atoms with van der Waals surface area (Å²) in [4.78, 5) is 14.8. The van der Waals surface area contributed by atoms with Crippen LogP contribution in [-0.4, -0.2) is 16.1 Å². The summed E-state index contributed by atoms with van der Waals surface area (Å²) in [6.45, 7) is 0. The second-order valence-corrected chi connectivity index (χ2v) is 3.03. The Labute approximate surface area is 67.7 Å². The Morgan fingerprint density at radius 1 is 1.91 bits per heavy atom. The van der Waals surface area contributed by atoms with Gasteiger partial charge in [-0.15, -0.1) is 11.3 Å². The number of carbonyl (C=O) groups is 1. The van der Waals surface area contributed by atoms with Gasteiger partial charge in [0.1, 0.15) is 0 Å². The average molecular weight is 172 g/mol. The van der Waals surface area contributed by atoms with E-state index in [4.69, 9.17) is 10.8 Å². The molecule has 1 atom stereocenters. The SMILES string of the molecule is N[C@@H](CC(=O)O)c1cncs1. The molecule has 4 nitrogen and oxygen atoms in total. The van der Waals surface area contributed by atoms with Crippen LogP contribution in [0.1, 0.15) is 17.3 Å². The van der Waals surface area contributed by atoms with E-state index in [9.17, 15) is 4.79 Å². The number of aliphatic carboxylic acids is 1. The van der Waals surface area contributed by atoms with Gasteiger partial charge in [-0.25, -0.2) is 0 Å². The molecule has 0 saturated carbocycles. The zero-order valence-corrected chi connectivity index (χ0v) is 6.54. The molecule has 0 fully saturated rings. The van der Waals surface area contributed by atoms with Crippen LogP contribution in [0.5, 0.6) is 0 Å². The highest BCUT2D eigenvalue weighted by molar-refractivity contribution is 7.09. The maximum absolute atomic E-state index is 10.2. The Morgan fingerprint density at radius 3 is 3.09 bits per heavy atom. The third-order valence-corrected chi connectivity index (χ3v) is 2.12. The van der Waals surface area contributed by atoms with E-state index in [1.54, 1.807) is 11.7 Å². The molecule has 0 spiro atoms. The molecule has 0 unspecified atom stereocenters. The van der Waals surface area contributed by atoms with E-state index < -0.39 is 12.0 Å². The maximum atomic E-state index is 10.2. The van der Waals surface area contributed by atoms with Crippen molar-refractivity contribution >= 4 is 17.3 Å². The Balaban J connectivity index is 2.56. The minimum Gasteiger partial charge on any atom is -0.481 e. The lowest BCUT2D eigenvalue weighted by Crippen LogP contribution is -2.13. The summed E-state index contributed by atoms with van der Waals surface area (Å²) < 4.78 is 0. The van der Waals surface area contributed by atoms with Gasteiger partial charge in [0, 0.05) is 11.1 Å². The molecule has 1 aromatic rings. The quantitative estimate of drug-likeness (QED) is 0.700. The highest BCUT2D eigenvalue weighted by atomic mass is 32.1. The molecular weight excluding hydrogens is 164 g/mol. The van der Waals surface area contributed by atoms with Gasteiger partial charge in [0.2, 0.25) is 0 Å². The summed E-state index contributed by atoms with van der Waals surface area (Å²) in [6.07, 6.45) is 1.56. The van der Waals surface area contributed by atoms with E-state index >= 15 is 0 Å². The van der Waals surface area contributed by atoms with E-state index in [0.717, 1.165) is 4.88 Å². The molecule has 60 valence electrons. The Hall–Kier alpha value is -0.940. The number of hydrogen-bond donors (Lipinski definition) is 2. The molecule has 1 rings (SSSR count). The summed E-state index contributed by atoms with van der Waals surface area (Å²) in [5.74, 6) is -0.883. The second-order valence-electron chi connectivity index (χ2n) is 2.11. The number of nitrogens with zero attached hydrogens (tertiary/aromatic N) is 1. The zero-order chi connectivity index (χ0) is 8.27. The van der Waals surface area contributed by atoms with Gasteiger partial charge in [-0.1, -0.05) is 0 Å². The minimum atomic E-state index is -0.883. The van der Waals surface area contributed by atoms with Gasteiger partial charge in [-0.3, -0.25) is 9.78 Å². The van der Waals surface area contributed by atoms with Gasteiger partial charge in [0.15, 0.2) is 0 Å². The predicted octanol–water partition coefficient (Wildman–Crippen LogP) is 0.618. The fraction of sp³-hybridized carbons (Fsp3) is 0.333. The molecule has 0 saturated heterocycles. The van der Waals surface area contributed by atoms with Gasteiger partial charge < -0.3 is 10.8 Å². The summed E-state index contributed by atoms with van der Waals surface area (Å²) in [6, 6.07) is -0.417. The van der Waals surface area contributed by atoms with Gasteiger partial charge >= 0.3 is 5.97 Å². The van der Waals surface area contributed by atoms with Crippen LogP contribution < -0.4 is 5.73 Å². The second kappa shape index (κ2) is 3.45. The number of carboxylic acid groups (broad SMARTS) is 1. The smallest absolute Gasteiger partial charge is 0.305 e. The molecule has 0 aliphatic rings. The number of carboxylic acids is 1. The highest BCUT2D eigenvalue weighted by Crippen LogP contribution is 2.17. The van der Waals surface area contributed by atoms with E-state index in [1.807, 2.05) is 0 Å². The van der Waals surface area contributed by atoms with Crippen LogP contribution in [0.2, 0.25) is 0 Å². The molecule has 0 aliphatic heterocycles. The molecule has 0 radical (unpaired) electrons. The first kappa shape index (κ1) is 8.16. The third kappa shape index (κ3) is 2.28. The van der Waals surface area contributed by atoms with Crippen molar-refractivity contribution in [1.82, 2.24) is 4.98 Å². The van der Waals surface area contributed by atoms with Gasteiger partial charge in [0.25, 0.3) is 0 Å².